The largest absolute Gasteiger partial charge is 0.508 e. The third-order valence-electron chi connectivity index (χ3n) is 7.15. The van der Waals surface area contributed by atoms with Gasteiger partial charge in [-0.15, -0.1) is 0 Å². The first-order valence-electron chi connectivity index (χ1n) is 16.8. The van der Waals surface area contributed by atoms with E-state index in [-0.39, 0.29) is 48.9 Å². The van der Waals surface area contributed by atoms with Gasteiger partial charge >= 0.3 is 25.5 Å². The van der Waals surface area contributed by atoms with Gasteiger partial charge in [-0.3, -0.25) is 18.9 Å². The molecule has 298 valence electrons. The van der Waals surface area contributed by atoms with Gasteiger partial charge in [0.1, 0.15) is 23.9 Å². The van der Waals surface area contributed by atoms with Gasteiger partial charge in [0.05, 0.1) is 34.2 Å². The minimum absolute atomic E-state index is 0. The normalized spacial score (nSPS) is 11.6. The third-order valence-corrected chi connectivity index (χ3v) is 8.91. The second-order valence-corrected chi connectivity index (χ2v) is 15.2. The van der Waals surface area contributed by atoms with Crippen LogP contribution in [0.15, 0.2) is 48.5 Å². The van der Waals surface area contributed by atoms with Gasteiger partial charge in [-0.2, -0.15) is 0 Å². The summed E-state index contributed by atoms with van der Waals surface area (Å²) in [6, 6.07) is 14.2. The average Bonchev–Trinajstić information content (AvgIpc) is 3.07. The molecule has 0 aliphatic rings. The molecule has 0 heterocycles. The smallest absolute Gasteiger partial charge is 0.341 e. The average molecular weight is 757 g/mol. The van der Waals surface area contributed by atoms with Crippen molar-refractivity contribution >= 4 is 31.8 Å². The summed E-state index contributed by atoms with van der Waals surface area (Å²) in [7, 11) is 3.21. The molecule has 0 fully saturated rings. The van der Waals surface area contributed by atoms with Crippen molar-refractivity contribution in [2.75, 3.05) is 41.7 Å². The second-order valence-electron chi connectivity index (χ2n) is 12.9. The first-order valence-corrected chi connectivity index (χ1v) is 18.6. The van der Waals surface area contributed by atoms with Gasteiger partial charge in [0.2, 0.25) is 0 Å². The zero-order valence-corrected chi connectivity index (χ0v) is 33.1. The molecule has 2 rings (SSSR count). The fourth-order valence-electron chi connectivity index (χ4n) is 4.56. The highest BCUT2D eigenvalue weighted by molar-refractivity contribution is 7.54. The van der Waals surface area contributed by atoms with Crippen molar-refractivity contribution in [3.63, 3.8) is 0 Å². The first-order chi connectivity index (χ1) is 23.9. The molecular formula is C39H65O12P. The van der Waals surface area contributed by atoms with Crippen LogP contribution in [0.1, 0.15) is 104 Å². The molecule has 0 unspecified atom stereocenters. The number of ether oxygens (including phenoxy) is 3. The van der Waals surface area contributed by atoms with Gasteiger partial charge < -0.3 is 38.3 Å². The molecule has 0 aromatic heterocycles. The van der Waals surface area contributed by atoms with E-state index in [9.17, 15) is 34.0 Å². The van der Waals surface area contributed by atoms with Crippen molar-refractivity contribution in [1.29, 1.82) is 0 Å². The van der Waals surface area contributed by atoms with Crippen LogP contribution < -0.4 is 0 Å². The van der Waals surface area contributed by atoms with Crippen LogP contribution >= 0.6 is 7.60 Å². The van der Waals surface area contributed by atoms with E-state index in [4.69, 9.17) is 9.47 Å². The number of phenols is 2. The van der Waals surface area contributed by atoms with E-state index in [1.807, 2.05) is 26.0 Å². The molecule has 0 radical (unpaired) electrons. The molecule has 0 spiro atoms. The fraction of sp³-hybridized carbons (Fsp3) is 0.590. The van der Waals surface area contributed by atoms with E-state index >= 15 is 0 Å². The predicted octanol–water partition coefficient (Wildman–Crippen LogP) is 8.68. The number of esters is 3. The van der Waals surface area contributed by atoms with E-state index in [1.54, 1.807) is 36.4 Å². The molecule has 12 nitrogen and oxygen atoms in total. The molecule has 13 heteroatoms. The van der Waals surface area contributed by atoms with Gasteiger partial charge in [0.25, 0.3) is 0 Å². The molecule has 52 heavy (non-hydrogen) atoms. The number of aldehydes is 1. The maximum Gasteiger partial charge on any atom is 0.341 e. The standard InChI is InChI=1S/2C14H20O3.C5H11O5P.C5H10O.CH4/c2*1-10(2)7-12(9-14(16)17-3)11-5-4-6-13(15)8-11;1-8-5(6)4-11(7,9-2)10-3;1-5(2)3-4-6;/h2*4-6,8,10,12,15H,7,9H2,1-3H3;4H2,1-3H3;4-5H,3H2,1-2H3;1H4/t2*12-;;;/m10.../s1. The van der Waals surface area contributed by atoms with Crippen molar-refractivity contribution < 1.29 is 57.2 Å². The fourth-order valence-corrected chi connectivity index (χ4v) is 5.41. The van der Waals surface area contributed by atoms with Crippen LogP contribution in [-0.2, 0) is 47.0 Å². The molecule has 2 N–H and O–H groups in total. The zero-order chi connectivity index (χ0) is 39.6. The van der Waals surface area contributed by atoms with Crippen molar-refractivity contribution in [2.45, 2.75) is 92.9 Å². The Morgan fingerprint density at radius 1 is 0.654 bits per heavy atom. The third kappa shape index (κ3) is 26.1. The lowest BCUT2D eigenvalue weighted by Gasteiger charge is -2.18. The Hall–Kier alpha value is -3.73. The summed E-state index contributed by atoms with van der Waals surface area (Å²) in [5, 5.41) is 18.9. The quantitative estimate of drug-likeness (QED) is 0.0724. The SMILES string of the molecule is C.CC(C)CC=O.COC(=O)CP(=O)(OC)OC.COC(=O)C[C@@H](CC(C)C)c1cccc(O)c1.COC(=O)C[C@H](CC(C)C)c1cccc(O)c1. The lowest BCUT2D eigenvalue weighted by molar-refractivity contribution is -0.142. The summed E-state index contributed by atoms with van der Waals surface area (Å²) < 4.78 is 33.9. The number of benzene rings is 2. The lowest BCUT2D eigenvalue weighted by Crippen LogP contribution is -2.11. The molecule has 0 aliphatic carbocycles. The summed E-state index contributed by atoms with van der Waals surface area (Å²) in [5.74, 6) is 1.17. The van der Waals surface area contributed by atoms with Crippen LogP contribution in [0.4, 0.5) is 0 Å². The Morgan fingerprint density at radius 3 is 1.25 bits per heavy atom. The molecule has 2 atom stereocenters. The van der Waals surface area contributed by atoms with E-state index in [0.29, 0.717) is 37.0 Å². The summed E-state index contributed by atoms with van der Waals surface area (Å²) in [6.07, 6.45) is 3.81. The number of phenolic OH excluding ortho intramolecular Hbond substituents is 2. The minimum atomic E-state index is -3.23. The lowest BCUT2D eigenvalue weighted by atomic mass is 9.88. The molecule has 0 saturated heterocycles. The highest BCUT2D eigenvalue weighted by Crippen LogP contribution is 2.45. The number of carbonyl (C=O) groups is 4. The maximum absolute atomic E-state index is 11.4. The molecule has 0 saturated carbocycles. The van der Waals surface area contributed by atoms with Crippen LogP contribution in [0.3, 0.4) is 0 Å². The number of methoxy groups -OCH3 is 3. The zero-order valence-electron chi connectivity index (χ0n) is 32.2. The van der Waals surface area contributed by atoms with Crippen LogP contribution in [-0.4, -0.2) is 76.1 Å². The number of carbonyl (C=O) groups excluding carboxylic acids is 4. The summed E-state index contributed by atoms with van der Waals surface area (Å²) >= 11 is 0. The topological polar surface area (TPSA) is 172 Å². The summed E-state index contributed by atoms with van der Waals surface area (Å²) in [5.41, 5.74) is 1.98. The van der Waals surface area contributed by atoms with Gasteiger partial charge in [-0.1, -0.05) is 73.2 Å². The van der Waals surface area contributed by atoms with Crippen LogP contribution in [0, 0.1) is 17.8 Å². The van der Waals surface area contributed by atoms with Crippen LogP contribution in [0.25, 0.3) is 0 Å². The predicted molar refractivity (Wildman–Crippen MR) is 205 cm³/mol. The van der Waals surface area contributed by atoms with E-state index < -0.39 is 13.6 Å². The molecule has 2 aromatic carbocycles. The van der Waals surface area contributed by atoms with Gasteiger partial charge in [-0.05, 0) is 77.8 Å². The number of hydrogen-bond donors (Lipinski definition) is 2. The van der Waals surface area contributed by atoms with Crippen molar-refractivity contribution in [3.05, 3.63) is 59.7 Å². The van der Waals surface area contributed by atoms with Crippen LogP contribution in [0.5, 0.6) is 11.5 Å². The monoisotopic (exact) mass is 756 g/mol. The number of aromatic hydroxyl groups is 2. The maximum atomic E-state index is 11.4. The van der Waals surface area contributed by atoms with Gasteiger partial charge in [0.15, 0.2) is 0 Å². The van der Waals surface area contributed by atoms with E-state index in [1.165, 1.54) is 35.5 Å². The first kappa shape index (κ1) is 52.6. The Bertz CT molecular complexity index is 1240. The number of rotatable bonds is 16. The van der Waals surface area contributed by atoms with Gasteiger partial charge in [-0.25, -0.2) is 0 Å². The highest BCUT2D eigenvalue weighted by atomic mass is 31.2. The molecule has 0 aliphatic heterocycles. The molecule has 0 amide bonds. The molecule has 0 bridgehead atoms. The Kier molecular flexibility index (Phi) is 30.2. The summed E-state index contributed by atoms with van der Waals surface area (Å²) in [4.78, 5) is 43.0. The Labute approximate surface area is 312 Å². The highest BCUT2D eigenvalue weighted by Gasteiger charge is 2.25. The molecular weight excluding hydrogens is 691 g/mol. The van der Waals surface area contributed by atoms with Crippen molar-refractivity contribution in [1.82, 2.24) is 0 Å². The number of hydrogen-bond acceptors (Lipinski definition) is 12. The van der Waals surface area contributed by atoms with Crippen molar-refractivity contribution in [2.24, 2.45) is 17.8 Å². The summed E-state index contributed by atoms with van der Waals surface area (Å²) in [6.45, 7) is 12.5. The minimum Gasteiger partial charge on any atom is -0.508 e. The van der Waals surface area contributed by atoms with Crippen LogP contribution in [0.2, 0.25) is 0 Å². The Morgan fingerprint density at radius 2 is 1.02 bits per heavy atom. The van der Waals surface area contributed by atoms with Crippen molar-refractivity contribution in [3.8, 4) is 11.5 Å². The van der Waals surface area contributed by atoms with E-state index in [0.717, 1.165) is 30.3 Å². The Balaban J connectivity index is -0.000000649. The molecule has 2 aromatic rings. The van der Waals surface area contributed by atoms with E-state index in [2.05, 4.69) is 41.5 Å². The second kappa shape index (κ2) is 29.8. The van der Waals surface area contributed by atoms with Gasteiger partial charge in [0, 0.05) is 20.6 Å².